The van der Waals surface area contributed by atoms with Crippen LogP contribution in [0.3, 0.4) is 0 Å². The van der Waals surface area contributed by atoms with E-state index in [2.05, 4.69) is 39.6 Å². The lowest BCUT2D eigenvalue weighted by atomic mass is 9.68. The number of carbonyl (C=O) groups is 1. The minimum absolute atomic E-state index is 0.00458. The first kappa shape index (κ1) is 16.1. The molecule has 1 saturated carbocycles. The maximum atomic E-state index is 12.2. The van der Waals surface area contributed by atoms with Crippen molar-refractivity contribution in [3.63, 3.8) is 0 Å². The zero-order valence-electron chi connectivity index (χ0n) is 14.8. The predicted octanol–water partition coefficient (Wildman–Crippen LogP) is 4.36. The number of carbonyl (C=O) groups excluding carboxylic acids is 1. The van der Waals surface area contributed by atoms with Crippen molar-refractivity contribution in [3.05, 3.63) is 11.8 Å². The van der Waals surface area contributed by atoms with Crippen molar-refractivity contribution >= 4 is 14.3 Å². The Morgan fingerprint density at radius 2 is 1.95 bits per heavy atom. The minimum atomic E-state index is -1.67. The number of ether oxygens (including phenoxy) is 1. The Labute approximate surface area is 135 Å². The fourth-order valence-electron chi connectivity index (χ4n) is 4.92. The molecule has 3 rings (SSSR count). The molecule has 0 aromatic carbocycles. The van der Waals surface area contributed by atoms with E-state index in [0.717, 1.165) is 18.6 Å². The van der Waals surface area contributed by atoms with Crippen molar-refractivity contribution in [2.24, 2.45) is 29.1 Å². The fourth-order valence-corrected chi connectivity index (χ4v) is 5.88. The molecular weight excluding hydrogens is 292 g/mol. The molecule has 1 heterocycles. The number of esters is 1. The second kappa shape index (κ2) is 5.12. The van der Waals surface area contributed by atoms with E-state index >= 15 is 0 Å². The Balaban J connectivity index is 2.00. The van der Waals surface area contributed by atoms with Crippen LogP contribution in [0.1, 0.15) is 40.0 Å². The summed E-state index contributed by atoms with van der Waals surface area (Å²) >= 11 is 0. The average molecular weight is 323 g/mol. The highest BCUT2D eigenvalue weighted by molar-refractivity contribution is 6.70. The van der Waals surface area contributed by atoms with E-state index in [1.165, 1.54) is 6.42 Å². The Morgan fingerprint density at radius 3 is 2.59 bits per heavy atom. The van der Waals surface area contributed by atoms with Gasteiger partial charge >= 0.3 is 5.97 Å². The van der Waals surface area contributed by atoms with Crippen molar-refractivity contribution in [2.75, 3.05) is 0 Å². The first-order valence-electron chi connectivity index (χ1n) is 8.74. The zero-order valence-corrected chi connectivity index (χ0v) is 15.8. The summed E-state index contributed by atoms with van der Waals surface area (Å²) in [7, 11) is -1.67. The molecule has 3 aliphatic rings. The van der Waals surface area contributed by atoms with Crippen molar-refractivity contribution in [3.8, 4) is 0 Å². The van der Waals surface area contributed by atoms with Crippen molar-refractivity contribution < 1.29 is 14.0 Å². The standard InChI is InChI=1S/C18H30O3Si/c1-11-7-8-13-12(2)17(19)20-16(13)18(3)14(11)9-10-15(18)21-22(4,5)6/h10-14,16H,7-9H2,1-6H3/t11-,12-,13-,14+,16+,18-/m0/s1. The summed E-state index contributed by atoms with van der Waals surface area (Å²) in [6, 6.07) is 0. The van der Waals surface area contributed by atoms with Crippen LogP contribution >= 0.6 is 0 Å². The normalized spacial score (nSPS) is 44.7. The van der Waals surface area contributed by atoms with E-state index in [-0.39, 0.29) is 23.4 Å². The van der Waals surface area contributed by atoms with E-state index in [1.54, 1.807) is 0 Å². The highest BCUT2D eigenvalue weighted by atomic mass is 28.4. The molecule has 0 aromatic heterocycles. The van der Waals surface area contributed by atoms with E-state index in [4.69, 9.17) is 9.16 Å². The van der Waals surface area contributed by atoms with Crippen LogP contribution in [0.4, 0.5) is 0 Å². The Morgan fingerprint density at radius 1 is 1.27 bits per heavy atom. The van der Waals surface area contributed by atoms with Gasteiger partial charge in [0.05, 0.1) is 17.1 Å². The molecule has 6 atom stereocenters. The zero-order chi connectivity index (χ0) is 16.3. The molecule has 0 aromatic rings. The molecular formula is C18H30O3Si. The second-order valence-corrected chi connectivity index (χ2v) is 13.2. The summed E-state index contributed by atoms with van der Waals surface area (Å²) in [4.78, 5) is 12.2. The first-order valence-corrected chi connectivity index (χ1v) is 12.2. The number of allylic oxidation sites excluding steroid dienone is 1. The topological polar surface area (TPSA) is 35.5 Å². The monoisotopic (exact) mass is 322 g/mol. The Hall–Kier alpha value is -0.773. The van der Waals surface area contributed by atoms with Gasteiger partial charge in [0, 0.05) is 5.92 Å². The summed E-state index contributed by atoms with van der Waals surface area (Å²) in [5.41, 5.74) is -0.138. The van der Waals surface area contributed by atoms with Gasteiger partial charge < -0.3 is 9.16 Å². The molecule has 2 fully saturated rings. The number of hydrogen-bond donors (Lipinski definition) is 0. The van der Waals surface area contributed by atoms with Crippen LogP contribution < -0.4 is 0 Å². The van der Waals surface area contributed by atoms with Gasteiger partial charge in [-0.25, -0.2) is 0 Å². The molecule has 22 heavy (non-hydrogen) atoms. The molecule has 124 valence electrons. The molecule has 2 aliphatic carbocycles. The second-order valence-electron chi connectivity index (χ2n) is 8.77. The summed E-state index contributed by atoms with van der Waals surface area (Å²) in [6.45, 7) is 13.4. The fraction of sp³-hybridized carbons (Fsp3) is 0.833. The van der Waals surface area contributed by atoms with Gasteiger partial charge in [0.1, 0.15) is 6.10 Å². The third kappa shape index (κ3) is 2.34. The Bertz CT molecular complexity index is 507. The van der Waals surface area contributed by atoms with Crippen molar-refractivity contribution in [2.45, 2.75) is 65.8 Å². The molecule has 0 N–H and O–H groups in total. The summed E-state index contributed by atoms with van der Waals surface area (Å²) < 4.78 is 12.4. The van der Waals surface area contributed by atoms with Gasteiger partial charge in [0.2, 0.25) is 8.32 Å². The number of rotatable bonds is 2. The third-order valence-corrected chi connectivity index (χ3v) is 6.99. The predicted molar refractivity (Wildman–Crippen MR) is 89.7 cm³/mol. The quantitative estimate of drug-likeness (QED) is 0.560. The lowest BCUT2D eigenvalue weighted by molar-refractivity contribution is -0.149. The highest BCUT2D eigenvalue weighted by Gasteiger charge is 2.60. The van der Waals surface area contributed by atoms with Crippen LogP contribution in [0.15, 0.2) is 11.8 Å². The van der Waals surface area contributed by atoms with Crippen LogP contribution in [0, 0.1) is 29.1 Å². The van der Waals surface area contributed by atoms with E-state index < -0.39 is 8.32 Å². The van der Waals surface area contributed by atoms with Crippen LogP contribution in [0.5, 0.6) is 0 Å². The maximum Gasteiger partial charge on any atom is 0.309 e. The van der Waals surface area contributed by atoms with Gasteiger partial charge in [0.15, 0.2) is 0 Å². The van der Waals surface area contributed by atoms with Crippen LogP contribution in [0.25, 0.3) is 0 Å². The van der Waals surface area contributed by atoms with Gasteiger partial charge in [-0.05, 0) is 63.7 Å². The van der Waals surface area contributed by atoms with E-state index in [1.807, 2.05) is 6.92 Å². The minimum Gasteiger partial charge on any atom is -0.547 e. The maximum absolute atomic E-state index is 12.2. The SMILES string of the molecule is C[C@@H]1C(=O)O[C@@H]2[C@H]1CC[C@H](C)[C@H]1CC=C(O[Si](C)(C)C)[C@]12C. The van der Waals surface area contributed by atoms with Crippen LogP contribution in [0.2, 0.25) is 19.6 Å². The molecule has 0 bridgehead atoms. The van der Waals surface area contributed by atoms with Gasteiger partial charge in [-0.1, -0.05) is 13.8 Å². The number of fused-ring (bicyclic) bond motifs is 3. The Kier molecular flexibility index (Phi) is 3.74. The van der Waals surface area contributed by atoms with Gasteiger partial charge in [0.25, 0.3) is 0 Å². The molecule has 1 saturated heterocycles. The summed E-state index contributed by atoms with van der Waals surface area (Å²) in [5, 5.41) is 0. The molecule has 0 unspecified atom stereocenters. The average Bonchev–Trinajstić information content (AvgIpc) is 2.83. The lowest BCUT2D eigenvalue weighted by Gasteiger charge is -2.42. The molecule has 3 nitrogen and oxygen atoms in total. The van der Waals surface area contributed by atoms with Crippen molar-refractivity contribution in [1.82, 2.24) is 0 Å². The summed E-state index contributed by atoms with van der Waals surface area (Å²) in [5.74, 6) is 2.66. The van der Waals surface area contributed by atoms with Gasteiger partial charge in [-0.3, -0.25) is 4.79 Å². The van der Waals surface area contributed by atoms with Crippen LogP contribution in [-0.4, -0.2) is 20.4 Å². The molecule has 1 aliphatic heterocycles. The lowest BCUT2D eigenvalue weighted by Crippen LogP contribution is -2.44. The van der Waals surface area contributed by atoms with Gasteiger partial charge in [-0.15, -0.1) is 0 Å². The highest BCUT2D eigenvalue weighted by Crippen LogP contribution is 2.59. The van der Waals surface area contributed by atoms with Gasteiger partial charge in [-0.2, -0.15) is 0 Å². The summed E-state index contributed by atoms with van der Waals surface area (Å²) in [6.07, 6.45) is 5.64. The molecule has 4 heteroatoms. The van der Waals surface area contributed by atoms with Crippen LogP contribution in [-0.2, 0) is 14.0 Å². The third-order valence-electron chi connectivity index (χ3n) is 6.15. The van der Waals surface area contributed by atoms with E-state index in [9.17, 15) is 4.79 Å². The smallest absolute Gasteiger partial charge is 0.309 e. The van der Waals surface area contributed by atoms with E-state index in [0.29, 0.717) is 17.8 Å². The molecule has 0 spiro atoms. The first-order chi connectivity index (χ1) is 10.1. The number of hydrogen-bond acceptors (Lipinski definition) is 3. The molecule has 0 amide bonds. The largest absolute Gasteiger partial charge is 0.547 e. The molecule has 0 radical (unpaired) electrons. The van der Waals surface area contributed by atoms with Crippen molar-refractivity contribution in [1.29, 1.82) is 0 Å².